The predicted molar refractivity (Wildman–Crippen MR) is 124 cm³/mol. The number of fused-ring (bicyclic) bond motifs is 1. The molecule has 2 aromatic carbocycles. The average Bonchev–Trinajstić information content (AvgIpc) is 3.19. The lowest BCUT2D eigenvalue weighted by Gasteiger charge is -2.14. The minimum Gasteiger partial charge on any atom is -0.378 e. The number of carbonyl (C=O) groups is 2. The van der Waals surface area contributed by atoms with Crippen LogP contribution in [0.25, 0.3) is 11.4 Å². The highest BCUT2D eigenvalue weighted by Gasteiger charge is 2.28. The van der Waals surface area contributed by atoms with E-state index in [-0.39, 0.29) is 30.7 Å². The topological polar surface area (TPSA) is 116 Å². The van der Waals surface area contributed by atoms with Crippen molar-refractivity contribution in [3.8, 4) is 11.4 Å². The van der Waals surface area contributed by atoms with Gasteiger partial charge in [0.05, 0.1) is 17.8 Å². The van der Waals surface area contributed by atoms with Gasteiger partial charge in [0.15, 0.2) is 11.9 Å². The Morgan fingerprint density at radius 3 is 2.24 bits per heavy atom. The number of carbonyl (C=O) groups excluding carboxylic acids is 2. The molecule has 1 aromatic heterocycles. The van der Waals surface area contributed by atoms with E-state index in [0.29, 0.717) is 23.5 Å². The third kappa shape index (κ3) is 6.97. The molecule has 0 spiro atoms. The van der Waals surface area contributed by atoms with Crippen molar-refractivity contribution in [2.75, 3.05) is 11.9 Å². The zero-order chi connectivity index (χ0) is 27.3. The van der Waals surface area contributed by atoms with E-state index in [0.717, 1.165) is 12.1 Å². The monoisotopic (exact) mass is 523 g/mol. The van der Waals surface area contributed by atoms with E-state index in [1.165, 1.54) is 6.07 Å². The Kier molecular flexibility index (Phi) is 8.38. The fraction of sp³-hybridized carbons (Fsp3) is 0.250. The van der Waals surface area contributed by atoms with E-state index in [1.54, 1.807) is 31.2 Å². The van der Waals surface area contributed by atoms with Crippen molar-refractivity contribution >= 4 is 23.3 Å². The first-order chi connectivity index (χ1) is 17.4. The largest absolute Gasteiger partial charge is 0.386 e. The molecule has 2 amide bonds. The van der Waals surface area contributed by atoms with Crippen LogP contribution in [-0.2, 0) is 11.3 Å². The zero-order valence-electron chi connectivity index (χ0n) is 19.6. The molecule has 0 saturated carbocycles. The van der Waals surface area contributed by atoms with Gasteiger partial charge in [-0.25, -0.2) is 18.7 Å². The van der Waals surface area contributed by atoms with Crippen LogP contribution in [0.2, 0.25) is 0 Å². The molecule has 0 saturated heterocycles. The number of nitrogens with one attached hydrogen (secondary N) is 3. The minimum absolute atomic E-state index is 0.0830. The molecule has 0 bridgehead atoms. The number of hydrogen-bond acceptors (Lipinski definition) is 6. The number of amides is 2. The van der Waals surface area contributed by atoms with E-state index in [1.807, 2.05) is 0 Å². The number of aromatic nitrogens is 2. The molecule has 0 fully saturated rings. The summed E-state index contributed by atoms with van der Waals surface area (Å²) in [4.78, 5) is 32.5. The Morgan fingerprint density at radius 1 is 1.08 bits per heavy atom. The van der Waals surface area contributed by atoms with E-state index in [2.05, 4.69) is 25.9 Å². The molecule has 0 radical (unpaired) electrons. The number of rotatable bonds is 6. The van der Waals surface area contributed by atoms with Crippen LogP contribution in [0.3, 0.4) is 0 Å². The Labute approximate surface area is 207 Å². The molecule has 1 unspecified atom stereocenters. The van der Waals surface area contributed by atoms with Crippen molar-refractivity contribution < 1.29 is 36.6 Å². The first-order valence-electron chi connectivity index (χ1n) is 10.9. The van der Waals surface area contributed by atoms with Gasteiger partial charge in [-0.2, -0.15) is 13.2 Å². The van der Waals surface area contributed by atoms with Crippen molar-refractivity contribution in [2.45, 2.75) is 32.7 Å². The van der Waals surface area contributed by atoms with Gasteiger partial charge >= 0.3 is 6.18 Å². The quantitative estimate of drug-likeness (QED) is 0.361. The molecular weight excluding hydrogens is 501 g/mol. The van der Waals surface area contributed by atoms with Crippen LogP contribution in [0.15, 0.2) is 42.5 Å². The van der Waals surface area contributed by atoms with Crippen LogP contribution >= 0.6 is 0 Å². The van der Waals surface area contributed by atoms with Crippen molar-refractivity contribution in [3.05, 3.63) is 70.9 Å². The maximum atomic E-state index is 14.3. The van der Waals surface area contributed by atoms with E-state index in [4.69, 9.17) is 0 Å². The number of likely N-dealkylation sites (N-methyl/N-ethyl adjacent to an activating group) is 1. The molecule has 37 heavy (non-hydrogen) atoms. The third-order valence-electron chi connectivity index (χ3n) is 4.90. The number of halogens is 5. The summed E-state index contributed by atoms with van der Waals surface area (Å²) in [6, 6.07) is 9.70. The van der Waals surface area contributed by atoms with Crippen LogP contribution in [-0.4, -0.2) is 39.6 Å². The molecule has 1 aliphatic heterocycles. The van der Waals surface area contributed by atoms with Crippen LogP contribution in [0.1, 0.15) is 41.6 Å². The van der Waals surface area contributed by atoms with Gasteiger partial charge in [-0.1, -0.05) is 18.2 Å². The minimum atomic E-state index is -4.00. The summed E-state index contributed by atoms with van der Waals surface area (Å²) in [7, 11) is 0. The predicted octanol–water partition coefficient (Wildman–Crippen LogP) is 4.15. The highest BCUT2D eigenvalue weighted by Crippen LogP contribution is 2.30. The molecule has 1 atom stereocenters. The van der Waals surface area contributed by atoms with Crippen LogP contribution in [0.4, 0.5) is 33.5 Å². The van der Waals surface area contributed by atoms with Gasteiger partial charge < -0.3 is 21.1 Å². The number of alkyl halides is 3. The summed E-state index contributed by atoms with van der Waals surface area (Å²) in [5.74, 6) is -2.68. The molecule has 8 nitrogen and oxygen atoms in total. The third-order valence-corrected chi connectivity index (χ3v) is 4.90. The van der Waals surface area contributed by atoms with Gasteiger partial charge in [0.1, 0.15) is 23.0 Å². The second-order valence-corrected chi connectivity index (χ2v) is 7.82. The Balaban J connectivity index is 0.000000695. The number of aliphatic hydroxyl groups excluding tert-OH is 1. The van der Waals surface area contributed by atoms with Crippen molar-refractivity contribution in [1.82, 2.24) is 20.6 Å². The first-order valence-corrected chi connectivity index (χ1v) is 10.9. The number of nitrogens with zero attached hydrogens (tertiary/aromatic N) is 2. The first kappa shape index (κ1) is 27.5. The second-order valence-electron chi connectivity index (χ2n) is 7.82. The van der Waals surface area contributed by atoms with Gasteiger partial charge in [-0.3, -0.25) is 9.59 Å². The lowest BCUT2D eigenvalue weighted by Crippen LogP contribution is -2.28. The highest BCUT2D eigenvalue weighted by molar-refractivity contribution is 6.03. The summed E-state index contributed by atoms with van der Waals surface area (Å²) in [6.45, 7) is 2.43. The lowest BCUT2D eigenvalue weighted by atomic mass is 10.1. The summed E-state index contributed by atoms with van der Waals surface area (Å²) in [5, 5.41) is 18.2. The van der Waals surface area contributed by atoms with Crippen molar-refractivity contribution in [2.24, 2.45) is 0 Å². The highest BCUT2D eigenvalue weighted by atomic mass is 19.4. The number of hydrogen-bond donors (Lipinski definition) is 4. The summed E-state index contributed by atoms with van der Waals surface area (Å²) in [5.41, 5.74) is 0.960. The average molecular weight is 523 g/mol. The van der Waals surface area contributed by atoms with Gasteiger partial charge in [-0.15, -0.1) is 0 Å². The Hall–Kier alpha value is -4.13. The maximum Gasteiger partial charge on any atom is 0.386 e. The summed E-state index contributed by atoms with van der Waals surface area (Å²) >= 11 is 0. The fourth-order valence-electron chi connectivity index (χ4n) is 3.35. The van der Waals surface area contributed by atoms with Crippen molar-refractivity contribution in [3.63, 3.8) is 0 Å². The second kappa shape index (κ2) is 11.3. The van der Waals surface area contributed by atoms with Crippen LogP contribution in [0.5, 0.6) is 0 Å². The van der Waals surface area contributed by atoms with Gasteiger partial charge in [0.2, 0.25) is 0 Å². The smallest absolute Gasteiger partial charge is 0.378 e. The normalized spacial score (nSPS) is 13.1. The van der Waals surface area contributed by atoms with Crippen molar-refractivity contribution in [1.29, 1.82) is 0 Å². The van der Waals surface area contributed by atoms with E-state index >= 15 is 0 Å². The molecule has 4 N–H and O–H groups in total. The van der Waals surface area contributed by atoms with Crippen LogP contribution in [0, 0.1) is 11.6 Å². The molecular formula is C24H22F5N5O3. The van der Waals surface area contributed by atoms with Gasteiger partial charge in [0.25, 0.3) is 11.8 Å². The number of anilines is 2. The van der Waals surface area contributed by atoms with E-state index < -0.39 is 41.3 Å². The summed E-state index contributed by atoms with van der Waals surface area (Å²) < 4.78 is 59.6. The van der Waals surface area contributed by atoms with Gasteiger partial charge in [0, 0.05) is 19.2 Å². The molecule has 0 aliphatic carbocycles. The molecule has 13 heteroatoms. The molecule has 1 aliphatic rings. The van der Waals surface area contributed by atoms with E-state index in [9.17, 15) is 36.6 Å². The van der Waals surface area contributed by atoms with Gasteiger partial charge in [-0.05, 0) is 36.8 Å². The zero-order valence-corrected chi connectivity index (χ0v) is 19.6. The molecule has 3 aromatic rings. The SMILES string of the molecule is CC(F)(F)F.CCNC(=O)C(O)c1ccc(Nc2nc(-c3c(F)cccc3F)nc3c2C(=O)NC3)cc1. The number of benzene rings is 2. The lowest BCUT2D eigenvalue weighted by molar-refractivity contribution is -0.129. The summed E-state index contributed by atoms with van der Waals surface area (Å²) in [6.07, 6.45) is -5.33. The Morgan fingerprint density at radius 2 is 1.68 bits per heavy atom. The molecule has 2 heterocycles. The fourth-order valence-corrected chi connectivity index (χ4v) is 3.35. The van der Waals surface area contributed by atoms with Crippen LogP contribution < -0.4 is 16.0 Å². The number of aliphatic hydroxyl groups is 1. The molecule has 196 valence electrons. The standard InChI is InChI=1S/C22H19F2N5O3.C2H3F3/c1-2-25-22(32)18(30)11-6-8-12(9-7-11)27-20-17-15(10-26-21(17)31)28-19(29-20)16-13(23)4-3-5-14(16)24;1-2(3,4)5/h3-9,18,30H,2,10H2,1H3,(H,25,32)(H,26,31)(H,27,28,29);1H3. The molecule has 4 rings (SSSR count). The maximum absolute atomic E-state index is 14.3. The Bertz CT molecular complexity index is 1270.